The van der Waals surface area contributed by atoms with E-state index in [2.05, 4.69) is 15.5 Å². The van der Waals surface area contributed by atoms with Crippen LogP contribution in [0.2, 0.25) is 0 Å². The number of amides is 4. The van der Waals surface area contributed by atoms with Crippen LogP contribution in [0.1, 0.15) is 37.9 Å². The van der Waals surface area contributed by atoms with Crippen LogP contribution in [0.4, 0.5) is 14.9 Å². The average Bonchev–Trinajstić information content (AvgIpc) is 3.13. The van der Waals surface area contributed by atoms with Gasteiger partial charge >= 0.3 is 6.03 Å². The van der Waals surface area contributed by atoms with Crippen molar-refractivity contribution in [1.82, 2.24) is 24.6 Å². The number of nitrogens with zero attached hydrogens (tertiary/aromatic N) is 5. The lowest BCUT2D eigenvalue weighted by Crippen LogP contribution is -2.32. The Morgan fingerprint density at radius 3 is 2.81 bits per heavy atom. The van der Waals surface area contributed by atoms with E-state index in [1.54, 1.807) is 13.1 Å². The second-order valence-corrected chi connectivity index (χ2v) is 7.93. The maximum absolute atomic E-state index is 14.6. The number of halogens is 1. The lowest BCUT2D eigenvalue weighted by Gasteiger charge is -2.14. The Morgan fingerprint density at radius 2 is 2.03 bits per heavy atom. The first kappa shape index (κ1) is 21.0. The van der Waals surface area contributed by atoms with Crippen LogP contribution in [0, 0.1) is 5.82 Å². The molecule has 0 unspecified atom stereocenters. The van der Waals surface area contributed by atoms with E-state index >= 15 is 0 Å². The van der Waals surface area contributed by atoms with Gasteiger partial charge in [-0.15, -0.1) is 10.2 Å². The van der Waals surface area contributed by atoms with Crippen molar-refractivity contribution in [2.45, 2.75) is 45.1 Å². The number of benzene rings is 1. The Labute approximate surface area is 179 Å². The number of aryl methyl sites for hydroxylation is 1. The average molecular weight is 428 g/mol. The van der Waals surface area contributed by atoms with Gasteiger partial charge in [0.15, 0.2) is 5.82 Å². The number of fused-ring (bicyclic) bond motifs is 1. The van der Waals surface area contributed by atoms with Crippen LogP contribution in [-0.4, -0.2) is 62.5 Å². The number of rotatable bonds is 6. The molecule has 1 N–H and O–H groups in total. The molecule has 31 heavy (non-hydrogen) atoms. The summed E-state index contributed by atoms with van der Waals surface area (Å²) in [5.41, 5.74) is 0.759. The number of hydrogen-bond donors (Lipinski definition) is 1. The first-order valence-corrected chi connectivity index (χ1v) is 10.5. The fourth-order valence-corrected chi connectivity index (χ4v) is 3.97. The number of urea groups is 1. The number of carbonyl (C=O) groups excluding carboxylic acids is 3. The number of likely N-dealkylation sites (N-methyl/N-ethyl adjacent to an activating group) is 1. The molecule has 0 saturated carbocycles. The van der Waals surface area contributed by atoms with Gasteiger partial charge in [0.05, 0.1) is 5.56 Å². The maximum atomic E-state index is 14.6. The number of imide groups is 1. The lowest BCUT2D eigenvalue weighted by atomic mass is 10.1. The quantitative estimate of drug-likeness (QED) is 0.713. The molecule has 0 atom stereocenters. The van der Waals surface area contributed by atoms with Gasteiger partial charge < -0.3 is 14.8 Å². The Bertz CT molecular complexity index is 1020. The molecule has 1 aromatic carbocycles. The van der Waals surface area contributed by atoms with Crippen molar-refractivity contribution in [3.63, 3.8) is 0 Å². The van der Waals surface area contributed by atoms with E-state index in [9.17, 15) is 18.8 Å². The van der Waals surface area contributed by atoms with E-state index < -0.39 is 5.82 Å². The summed E-state index contributed by atoms with van der Waals surface area (Å²) in [5, 5.41) is 11.2. The van der Waals surface area contributed by atoms with Crippen LogP contribution in [0.3, 0.4) is 0 Å². The van der Waals surface area contributed by atoms with E-state index in [1.807, 2.05) is 4.57 Å². The molecule has 4 amide bonds. The summed E-state index contributed by atoms with van der Waals surface area (Å²) in [7, 11) is 1.56. The van der Waals surface area contributed by atoms with E-state index in [0.29, 0.717) is 23.5 Å². The van der Waals surface area contributed by atoms with E-state index in [1.165, 1.54) is 17.0 Å². The van der Waals surface area contributed by atoms with Crippen LogP contribution >= 0.6 is 0 Å². The van der Waals surface area contributed by atoms with Crippen LogP contribution in [0.25, 0.3) is 11.4 Å². The van der Waals surface area contributed by atoms with Gasteiger partial charge in [-0.25, -0.2) is 9.18 Å². The highest BCUT2D eigenvalue weighted by Gasteiger charge is 2.32. The Kier molecular flexibility index (Phi) is 5.97. The second kappa shape index (κ2) is 8.83. The van der Waals surface area contributed by atoms with Crippen LogP contribution in [-0.2, 0) is 22.6 Å². The molecule has 0 radical (unpaired) electrons. The van der Waals surface area contributed by atoms with Crippen LogP contribution in [0.5, 0.6) is 0 Å². The minimum Gasteiger partial charge on any atom is -0.326 e. The summed E-state index contributed by atoms with van der Waals surface area (Å²) in [6, 6.07) is 4.03. The number of carbonyl (C=O) groups is 3. The Hall–Kier alpha value is -3.30. The summed E-state index contributed by atoms with van der Waals surface area (Å²) in [4.78, 5) is 38.5. The van der Waals surface area contributed by atoms with Gasteiger partial charge in [-0.3, -0.25) is 14.5 Å². The molecule has 0 spiro atoms. The standard InChI is InChI=1S/C21H25FN6O3/c1-26-13-19(30)28(21(26)31)11-5-7-18(29)23-14-8-9-16(22)15(12-14)20-25-24-17-6-3-2-4-10-27(17)20/h8-9,12H,2-7,10-11,13H2,1H3,(H,23,29). The van der Waals surface area contributed by atoms with Gasteiger partial charge in [0.2, 0.25) is 11.8 Å². The Morgan fingerprint density at radius 1 is 1.19 bits per heavy atom. The molecule has 0 aliphatic carbocycles. The largest absolute Gasteiger partial charge is 0.326 e. The summed E-state index contributed by atoms with van der Waals surface area (Å²) < 4.78 is 16.5. The van der Waals surface area contributed by atoms with E-state index in [4.69, 9.17) is 0 Å². The number of nitrogens with one attached hydrogen (secondary N) is 1. The first-order chi connectivity index (χ1) is 14.9. The third-order valence-electron chi connectivity index (χ3n) is 5.62. The fraction of sp³-hybridized carbons (Fsp3) is 0.476. The van der Waals surface area contributed by atoms with Crippen molar-refractivity contribution in [3.8, 4) is 11.4 Å². The molecule has 2 aliphatic rings. The summed E-state index contributed by atoms with van der Waals surface area (Å²) in [5.74, 6) is 0.375. The summed E-state index contributed by atoms with van der Waals surface area (Å²) in [6.45, 7) is 1.00. The van der Waals surface area contributed by atoms with Crippen molar-refractivity contribution in [1.29, 1.82) is 0 Å². The number of aromatic nitrogens is 3. The molecule has 2 aliphatic heterocycles. The first-order valence-electron chi connectivity index (χ1n) is 10.5. The van der Waals surface area contributed by atoms with Gasteiger partial charge in [-0.2, -0.15) is 0 Å². The third-order valence-corrected chi connectivity index (χ3v) is 5.62. The predicted octanol–water partition coefficient (Wildman–Crippen LogP) is 2.42. The molecule has 1 aromatic heterocycles. The summed E-state index contributed by atoms with van der Waals surface area (Å²) >= 11 is 0. The van der Waals surface area contributed by atoms with Crippen molar-refractivity contribution < 1.29 is 18.8 Å². The third kappa shape index (κ3) is 4.42. The molecular formula is C21H25FN6O3. The second-order valence-electron chi connectivity index (χ2n) is 7.93. The van der Waals surface area contributed by atoms with Gasteiger partial charge in [0.25, 0.3) is 0 Å². The van der Waals surface area contributed by atoms with E-state index in [-0.39, 0.29) is 37.4 Å². The van der Waals surface area contributed by atoms with Gasteiger partial charge in [-0.05, 0) is 37.5 Å². The van der Waals surface area contributed by atoms with Crippen LogP contribution in [0.15, 0.2) is 18.2 Å². The highest BCUT2D eigenvalue weighted by atomic mass is 19.1. The number of anilines is 1. The van der Waals surface area contributed by atoms with Crippen molar-refractivity contribution in [2.75, 3.05) is 25.5 Å². The molecule has 3 heterocycles. The molecule has 1 fully saturated rings. The monoisotopic (exact) mass is 428 g/mol. The molecule has 2 aromatic rings. The normalized spacial score (nSPS) is 16.5. The van der Waals surface area contributed by atoms with Crippen LogP contribution < -0.4 is 5.32 Å². The fourth-order valence-electron chi connectivity index (χ4n) is 3.97. The minimum atomic E-state index is -0.423. The minimum absolute atomic E-state index is 0.0652. The Balaban J connectivity index is 1.40. The summed E-state index contributed by atoms with van der Waals surface area (Å²) in [6.07, 6.45) is 4.45. The maximum Gasteiger partial charge on any atom is 0.326 e. The van der Waals surface area contributed by atoms with E-state index in [0.717, 1.165) is 43.0 Å². The van der Waals surface area contributed by atoms with Crippen molar-refractivity contribution in [2.24, 2.45) is 0 Å². The van der Waals surface area contributed by atoms with Gasteiger partial charge in [0.1, 0.15) is 18.2 Å². The van der Waals surface area contributed by atoms with Gasteiger partial charge in [-0.1, -0.05) is 6.42 Å². The molecule has 1 saturated heterocycles. The number of hydrogen-bond acceptors (Lipinski definition) is 5. The zero-order valence-electron chi connectivity index (χ0n) is 17.4. The predicted molar refractivity (Wildman–Crippen MR) is 111 cm³/mol. The molecule has 164 valence electrons. The topological polar surface area (TPSA) is 100 Å². The molecular weight excluding hydrogens is 403 g/mol. The zero-order chi connectivity index (χ0) is 22.0. The van der Waals surface area contributed by atoms with Gasteiger partial charge in [0, 0.05) is 38.7 Å². The smallest absolute Gasteiger partial charge is 0.326 e. The molecule has 4 rings (SSSR count). The molecule has 0 bridgehead atoms. The SMILES string of the molecule is CN1CC(=O)N(CCCC(=O)Nc2ccc(F)c(-c3nnc4n3CCCCC4)c2)C1=O. The highest BCUT2D eigenvalue weighted by molar-refractivity contribution is 6.01. The zero-order valence-corrected chi connectivity index (χ0v) is 17.4. The van der Waals surface area contributed by atoms with Crippen molar-refractivity contribution in [3.05, 3.63) is 29.8 Å². The molecule has 9 nitrogen and oxygen atoms in total. The van der Waals surface area contributed by atoms with Crippen molar-refractivity contribution >= 4 is 23.5 Å². The lowest BCUT2D eigenvalue weighted by molar-refractivity contribution is -0.125. The molecule has 10 heteroatoms. The highest BCUT2D eigenvalue weighted by Crippen LogP contribution is 2.27.